The van der Waals surface area contributed by atoms with Gasteiger partial charge in [-0.15, -0.1) is 0 Å². The van der Waals surface area contributed by atoms with E-state index in [0.717, 1.165) is 13.0 Å². The van der Waals surface area contributed by atoms with E-state index in [1.54, 1.807) is 18.2 Å². The number of rotatable bonds is 4. The van der Waals surface area contributed by atoms with E-state index in [0.29, 0.717) is 35.1 Å². The lowest BCUT2D eigenvalue weighted by atomic mass is 10.1. The van der Waals surface area contributed by atoms with Gasteiger partial charge in [0, 0.05) is 31.6 Å². The number of likely N-dealkylation sites (tertiary alicyclic amines) is 1. The molecule has 1 saturated heterocycles. The summed E-state index contributed by atoms with van der Waals surface area (Å²) < 4.78 is 0. The topological polar surface area (TPSA) is 40.5 Å². The lowest BCUT2D eigenvalue weighted by Gasteiger charge is -2.14. The molecule has 0 radical (unpaired) electrons. The van der Waals surface area contributed by atoms with Crippen LogP contribution in [0.5, 0.6) is 0 Å². The summed E-state index contributed by atoms with van der Waals surface area (Å²) in [5, 5.41) is 10.1. The highest BCUT2D eigenvalue weighted by molar-refractivity contribution is 6.43. The Morgan fingerprint density at radius 2 is 2.22 bits per heavy atom. The number of Topliss-reactive ketones (excluding diaryl/α,β-unsaturated/α-hetero) is 1. The molecule has 1 aromatic rings. The molecule has 0 aromatic heterocycles. The van der Waals surface area contributed by atoms with Gasteiger partial charge < -0.3 is 10.0 Å². The average Bonchev–Trinajstić information content (AvgIpc) is 2.76. The van der Waals surface area contributed by atoms with Crippen LogP contribution >= 0.6 is 23.2 Å². The summed E-state index contributed by atoms with van der Waals surface area (Å²) >= 11 is 11.9. The molecule has 1 fully saturated rings. The van der Waals surface area contributed by atoms with E-state index in [1.165, 1.54) is 0 Å². The first-order valence-electron chi connectivity index (χ1n) is 5.95. The van der Waals surface area contributed by atoms with Gasteiger partial charge in [0.1, 0.15) is 0 Å². The predicted molar refractivity (Wildman–Crippen MR) is 72.5 cm³/mol. The SMILES string of the molecule is O=C(CCN1CCC(O)C1)c1cccc(Cl)c1Cl. The highest BCUT2D eigenvalue weighted by Crippen LogP contribution is 2.26. The summed E-state index contributed by atoms with van der Waals surface area (Å²) in [4.78, 5) is 14.1. The van der Waals surface area contributed by atoms with Crippen molar-refractivity contribution >= 4 is 29.0 Å². The van der Waals surface area contributed by atoms with Crippen molar-refractivity contribution in [2.45, 2.75) is 18.9 Å². The van der Waals surface area contributed by atoms with Crippen molar-refractivity contribution in [2.75, 3.05) is 19.6 Å². The quantitative estimate of drug-likeness (QED) is 0.866. The van der Waals surface area contributed by atoms with Crippen LogP contribution < -0.4 is 0 Å². The molecule has 18 heavy (non-hydrogen) atoms. The molecule has 1 unspecified atom stereocenters. The number of β-amino-alcohol motifs (C(OH)–C–C–N with tert-alkyl or cyclic N) is 1. The van der Waals surface area contributed by atoms with Gasteiger partial charge in [0.05, 0.1) is 16.1 Å². The Bertz CT molecular complexity index is 451. The second kappa shape index (κ2) is 6.02. The molecule has 2 rings (SSSR count). The molecule has 0 spiro atoms. The Morgan fingerprint density at radius 3 is 2.89 bits per heavy atom. The van der Waals surface area contributed by atoms with Crippen LogP contribution in [0, 0.1) is 0 Å². The average molecular weight is 288 g/mol. The minimum absolute atomic E-state index is 0.0103. The van der Waals surface area contributed by atoms with Gasteiger partial charge in [-0.3, -0.25) is 4.79 Å². The normalized spacial score (nSPS) is 20.3. The van der Waals surface area contributed by atoms with Crippen molar-refractivity contribution in [2.24, 2.45) is 0 Å². The maximum atomic E-state index is 12.0. The maximum Gasteiger partial charge on any atom is 0.165 e. The van der Waals surface area contributed by atoms with Crippen LogP contribution in [0.15, 0.2) is 18.2 Å². The van der Waals surface area contributed by atoms with Crippen LogP contribution in [0.2, 0.25) is 10.0 Å². The van der Waals surface area contributed by atoms with Crippen LogP contribution in [0.1, 0.15) is 23.2 Å². The van der Waals surface area contributed by atoms with Gasteiger partial charge in [0.25, 0.3) is 0 Å². The van der Waals surface area contributed by atoms with E-state index in [1.807, 2.05) is 0 Å². The monoisotopic (exact) mass is 287 g/mol. The number of benzene rings is 1. The zero-order chi connectivity index (χ0) is 13.1. The van der Waals surface area contributed by atoms with Crippen LogP contribution in [0.25, 0.3) is 0 Å². The summed E-state index contributed by atoms with van der Waals surface area (Å²) in [6.45, 7) is 2.15. The highest BCUT2D eigenvalue weighted by atomic mass is 35.5. The van der Waals surface area contributed by atoms with Gasteiger partial charge in [-0.1, -0.05) is 29.3 Å². The zero-order valence-electron chi connectivity index (χ0n) is 9.90. The van der Waals surface area contributed by atoms with Crippen molar-refractivity contribution in [3.63, 3.8) is 0 Å². The second-order valence-electron chi connectivity index (χ2n) is 4.52. The summed E-state index contributed by atoms with van der Waals surface area (Å²) in [5.74, 6) is -0.0103. The largest absolute Gasteiger partial charge is 0.392 e. The number of nitrogens with zero attached hydrogens (tertiary/aromatic N) is 1. The standard InChI is InChI=1S/C13H15Cl2NO2/c14-11-3-1-2-10(13(11)15)12(18)5-7-16-6-4-9(17)8-16/h1-3,9,17H,4-8H2. The van der Waals surface area contributed by atoms with Crippen LogP contribution in [0.4, 0.5) is 0 Å². The number of aliphatic hydroxyl groups is 1. The van der Waals surface area contributed by atoms with Gasteiger partial charge in [-0.05, 0) is 18.6 Å². The summed E-state index contributed by atoms with van der Waals surface area (Å²) in [5.41, 5.74) is 0.476. The molecule has 1 N–H and O–H groups in total. The third kappa shape index (κ3) is 3.23. The van der Waals surface area contributed by atoms with Crippen molar-refractivity contribution < 1.29 is 9.90 Å². The van der Waals surface area contributed by atoms with E-state index in [9.17, 15) is 9.90 Å². The molecule has 1 aromatic carbocycles. The Morgan fingerprint density at radius 1 is 1.44 bits per heavy atom. The third-order valence-corrected chi connectivity index (χ3v) is 3.97. The molecule has 1 heterocycles. The fraction of sp³-hybridized carbons (Fsp3) is 0.462. The van der Waals surface area contributed by atoms with Gasteiger partial charge >= 0.3 is 0 Å². The van der Waals surface area contributed by atoms with E-state index < -0.39 is 0 Å². The molecule has 0 amide bonds. The number of carbonyl (C=O) groups excluding carboxylic acids is 1. The molecule has 1 aliphatic rings. The van der Waals surface area contributed by atoms with E-state index in [4.69, 9.17) is 23.2 Å². The van der Waals surface area contributed by atoms with Crippen molar-refractivity contribution in [3.8, 4) is 0 Å². The van der Waals surface area contributed by atoms with Gasteiger partial charge in [0.2, 0.25) is 0 Å². The number of ketones is 1. The van der Waals surface area contributed by atoms with E-state index in [-0.39, 0.29) is 11.9 Å². The van der Waals surface area contributed by atoms with Crippen molar-refractivity contribution in [1.82, 2.24) is 4.90 Å². The fourth-order valence-corrected chi connectivity index (χ4v) is 2.53. The predicted octanol–water partition coefficient (Wildman–Crippen LogP) is 2.63. The van der Waals surface area contributed by atoms with Crippen LogP contribution in [-0.4, -0.2) is 41.5 Å². The first-order chi connectivity index (χ1) is 8.58. The smallest absolute Gasteiger partial charge is 0.165 e. The zero-order valence-corrected chi connectivity index (χ0v) is 11.4. The molecular weight excluding hydrogens is 273 g/mol. The first-order valence-corrected chi connectivity index (χ1v) is 6.71. The van der Waals surface area contributed by atoms with Crippen molar-refractivity contribution in [3.05, 3.63) is 33.8 Å². The second-order valence-corrected chi connectivity index (χ2v) is 5.30. The minimum atomic E-state index is -0.255. The molecule has 0 aliphatic carbocycles. The van der Waals surface area contributed by atoms with Crippen LogP contribution in [0.3, 0.4) is 0 Å². The Kier molecular flexibility index (Phi) is 4.62. The van der Waals surface area contributed by atoms with Crippen LogP contribution in [-0.2, 0) is 0 Å². The van der Waals surface area contributed by atoms with Gasteiger partial charge in [-0.25, -0.2) is 0 Å². The molecule has 0 bridgehead atoms. The van der Waals surface area contributed by atoms with E-state index in [2.05, 4.69) is 4.90 Å². The number of hydrogen-bond acceptors (Lipinski definition) is 3. The number of hydrogen-bond donors (Lipinski definition) is 1. The first kappa shape index (κ1) is 13.8. The number of carbonyl (C=O) groups is 1. The molecule has 0 saturated carbocycles. The summed E-state index contributed by atoms with van der Waals surface area (Å²) in [7, 11) is 0. The van der Waals surface area contributed by atoms with E-state index >= 15 is 0 Å². The highest BCUT2D eigenvalue weighted by Gasteiger charge is 2.21. The summed E-state index contributed by atoms with van der Waals surface area (Å²) in [6.07, 6.45) is 0.925. The molecule has 98 valence electrons. The Labute approximate surface area is 116 Å². The number of halogens is 2. The Balaban J connectivity index is 1.94. The molecule has 5 heteroatoms. The lowest BCUT2D eigenvalue weighted by Crippen LogP contribution is -2.25. The Hall–Kier alpha value is -0.610. The molecular formula is C13H15Cl2NO2. The number of aliphatic hydroxyl groups excluding tert-OH is 1. The maximum absolute atomic E-state index is 12.0. The molecule has 3 nitrogen and oxygen atoms in total. The van der Waals surface area contributed by atoms with Crippen molar-refractivity contribution in [1.29, 1.82) is 0 Å². The lowest BCUT2D eigenvalue weighted by molar-refractivity contribution is 0.0964. The third-order valence-electron chi connectivity index (χ3n) is 3.15. The summed E-state index contributed by atoms with van der Waals surface area (Å²) in [6, 6.07) is 5.08. The van der Waals surface area contributed by atoms with Gasteiger partial charge in [-0.2, -0.15) is 0 Å². The fourth-order valence-electron chi connectivity index (χ4n) is 2.13. The minimum Gasteiger partial charge on any atom is -0.392 e. The molecule has 1 atom stereocenters. The van der Waals surface area contributed by atoms with Gasteiger partial charge in [0.15, 0.2) is 5.78 Å². The molecule has 1 aliphatic heterocycles.